The van der Waals surface area contributed by atoms with Crippen molar-refractivity contribution in [2.24, 2.45) is 0 Å². The fourth-order valence-corrected chi connectivity index (χ4v) is 1.60. The fraction of sp³-hybridized carbons (Fsp3) is 0.462. The third kappa shape index (κ3) is 4.55. The molecule has 0 aliphatic heterocycles. The Labute approximate surface area is 112 Å². The largest absolute Gasteiger partial charge is 0.491 e. The van der Waals surface area contributed by atoms with Crippen LogP contribution in [0.3, 0.4) is 0 Å². The minimum Gasteiger partial charge on any atom is -0.491 e. The lowest BCUT2D eigenvalue weighted by molar-refractivity contribution is -0.139. The van der Waals surface area contributed by atoms with Gasteiger partial charge in [0, 0.05) is 17.1 Å². The van der Waals surface area contributed by atoms with Gasteiger partial charge in [0.15, 0.2) is 0 Å². The molecule has 1 aromatic carbocycles. The minimum atomic E-state index is -0.886. The number of rotatable bonds is 6. The van der Waals surface area contributed by atoms with Crippen molar-refractivity contribution in [3.63, 3.8) is 0 Å². The van der Waals surface area contributed by atoms with E-state index in [9.17, 15) is 4.79 Å². The van der Waals surface area contributed by atoms with Crippen LogP contribution in [0.4, 0.5) is 0 Å². The number of ether oxygens (including phenoxy) is 1. The SMILES string of the molecule is CC(C)Oc1ccc(Cl)cc1CN[C@@H](C)C(=O)O. The summed E-state index contributed by atoms with van der Waals surface area (Å²) in [7, 11) is 0. The highest BCUT2D eigenvalue weighted by molar-refractivity contribution is 6.30. The van der Waals surface area contributed by atoms with Gasteiger partial charge in [0.1, 0.15) is 11.8 Å². The van der Waals surface area contributed by atoms with Crippen molar-refractivity contribution in [2.75, 3.05) is 0 Å². The highest BCUT2D eigenvalue weighted by Gasteiger charge is 2.12. The van der Waals surface area contributed by atoms with Crippen LogP contribution in [0.5, 0.6) is 5.75 Å². The second-order valence-corrected chi connectivity index (χ2v) is 4.80. The monoisotopic (exact) mass is 271 g/mol. The zero-order chi connectivity index (χ0) is 13.7. The summed E-state index contributed by atoms with van der Waals surface area (Å²) in [5.74, 6) is -0.164. The van der Waals surface area contributed by atoms with E-state index in [4.69, 9.17) is 21.4 Å². The number of benzene rings is 1. The number of nitrogens with one attached hydrogen (secondary N) is 1. The Hall–Kier alpha value is -1.26. The lowest BCUT2D eigenvalue weighted by atomic mass is 10.2. The zero-order valence-corrected chi connectivity index (χ0v) is 11.5. The van der Waals surface area contributed by atoms with Gasteiger partial charge < -0.3 is 15.2 Å². The first-order valence-electron chi connectivity index (χ1n) is 5.81. The van der Waals surface area contributed by atoms with Crippen LogP contribution in [0, 0.1) is 0 Å². The van der Waals surface area contributed by atoms with Crippen LogP contribution in [-0.2, 0) is 11.3 Å². The van der Waals surface area contributed by atoms with Crippen molar-refractivity contribution < 1.29 is 14.6 Å². The second-order valence-electron chi connectivity index (χ2n) is 4.36. The fourth-order valence-electron chi connectivity index (χ4n) is 1.41. The van der Waals surface area contributed by atoms with Gasteiger partial charge in [0.25, 0.3) is 0 Å². The lowest BCUT2D eigenvalue weighted by Crippen LogP contribution is -2.33. The maximum Gasteiger partial charge on any atom is 0.320 e. The van der Waals surface area contributed by atoms with Crippen LogP contribution >= 0.6 is 11.6 Å². The van der Waals surface area contributed by atoms with Gasteiger partial charge in [0.05, 0.1) is 6.10 Å². The third-order valence-electron chi connectivity index (χ3n) is 2.35. The molecule has 0 radical (unpaired) electrons. The maximum atomic E-state index is 10.7. The molecule has 0 aliphatic carbocycles. The predicted octanol–water partition coefficient (Wildman–Crippen LogP) is 2.69. The molecule has 0 spiro atoms. The Morgan fingerprint density at radius 1 is 1.44 bits per heavy atom. The van der Waals surface area contributed by atoms with Gasteiger partial charge in [-0.3, -0.25) is 4.79 Å². The van der Waals surface area contributed by atoms with E-state index in [0.29, 0.717) is 11.6 Å². The highest BCUT2D eigenvalue weighted by atomic mass is 35.5. The normalized spacial score (nSPS) is 12.5. The molecule has 100 valence electrons. The van der Waals surface area contributed by atoms with E-state index in [2.05, 4.69) is 5.32 Å². The molecular formula is C13H18ClNO3. The van der Waals surface area contributed by atoms with Crippen LogP contribution in [-0.4, -0.2) is 23.2 Å². The maximum absolute atomic E-state index is 10.7. The molecule has 0 amide bonds. The van der Waals surface area contributed by atoms with Gasteiger partial charge in [-0.05, 0) is 39.0 Å². The predicted molar refractivity (Wildman–Crippen MR) is 71.2 cm³/mol. The van der Waals surface area contributed by atoms with E-state index in [1.54, 1.807) is 25.1 Å². The third-order valence-corrected chi connectivity index (χ3v) is 2.59. The number of carbonyl (C=O) groups is 1. The molecule has 0 aromatic heterocycles. The van der Waals surface area contributed by atoms with Crippen molar-refractivity contribution in [1.29, 1.82) is 0 Å². The molecule has 0 aliphatic rings. The van der Waals surface area contributed by atoms with Gasteiger partial charge in [-0.1, -0.05) is 11.6 Å². The van der Waals surface area contributed by atoms with E-state index in [0.717, 1.165) is 11.3 Å². The summed E-state index contributed by atoms with van der Waals surface area (Å²) in [4.78, 5) is 10.7. The zero-order valence-electron chi connectivity index (χ0n) is 10.7. The second kappa shape index (κ2) is 6.61. The molecule has 2 N–H and O–H groups in total. The first kappa shape index (κ1) is 14.8. The molecule has 0 saturated carbocycles. The standard InChI is InChI=1S/C13H18ClNO3/c1-8(2)18-12-5-4-11(14)6-10(12)7-15-9(3)13(16)17/h4-6,8-9,15H,7H2,1-3H3,(H,16,17)/t9-/m0/s1. The summed E-state index contributed by atoms with van der Waals surface area (Å²) < 4.78 is 5.65. The average molecular weight is 272 g/mol. The van der Waals surface area contributed by atoms with E-state index >= 15 is 0 Å². The van der Waals surface area contributed by atoms with Crippen LogP contribution in [0.2, 0.25) is 5.02 Å². The number of hydrogen-bond acceptors (Lipinski definition) is 3. The molecule has 1 aromatic rings. The Balaban J connectivity index is 2.78. The van der Waals surface area contributed by atoms with Crippen LogP contribution in [0.15, 0.2) is 18.2 Å². The number of halogens is 1. The Bertz CT molecular complexity index is 421. The van der Waals surface area contributed by atoms with E-state index < -0.39 is 12.0 Å². The molecule has 0 heterocycles. The summed E-state index contributed by atoms with van der Waals surface area (Å²) in [5, 5.41) is 12.3. The van der Waals surface area contributed by atoms with Crippen LogP contribution in [0.1, 0.15) is 26.3 Å². The molecule has 18 heavy (non-hydrogen) atoms. The van der Waals surface area contributed by atoms with Crippen LogP contribution in [0.25, 0.3) is 0 Å². The van der Waals surface area contributed by atoms with Gasteiger partial charge in [-0.2, -0.15) is 0 Å². The molecule has 0 unspecified atom stereocenters. The molecule has 0 bridgehead atoms. The minimum absolute atomic E-state index is 0.0572. The number of hydrogen-bond donors (Lipinski definition) is 2. The molecule has 5 heteroatoms. The van der Waals surface area contributed by atoms with Crippen molar-refractivity contribution in [3.05, 3.63) is 28.8 Å². The van der Waals surface area contributed by atoms with E-state index in [1.165, 1.54) is 0 Å². The molecule has 4 nitrogen and oxygen atoms in total. The number of aliphatic carboxylic acids is 1. The van der Waals surface area contributed by atoms with Crippen molar-refractivity contribution in [2.45, 2.75) is 39.5 Å². The first-order chi connectivity index (χ1) is 8.40. The van der Waals surface area contributed by atoms with Crippen molar-refractivity contribution >= 4 is 17.6 Å². The van der Waals surface area contributed by atoms with Gasteiger partial charge in [-0.15, -0.1) is 0 Å². The quantitative estimate of drug-likeness (QED) is 0.835. The van der Waals surface area contributed by atoms with Gasteiger partial charge >= 0.3 is 5.97 Å². The Morgan fingerprint density at radius 2 is 2.11 bits per heavy atom. The summed E-state index contributed by atoms with van der Waals surface area (Å²) in [6.45, 7) is 5.86. The molecule has 1 rings (SSSR count). The lowest BCUT2D eigenvalue weighted by Gasteiger charge is -2.16. The molecular weight excluding hydrogens is 254 g/mol. The molecule has 0 saturated heterocycles. The summed E-state index contributed by atoms with van der Waals surface area (Å²) in [6, 6.07) is 4.71. The van der Waals surface area contributed by atoms with Gasteiger partial charge in [0.2, 0.25) is 0 Å². The van der Waals surface area contributed by atoms with Crippen molar-refractivity contribution in [3.8, 4) is 5.75 Å². The highest BCUT2D eigenvalue weighted by Crippen LogP contribution is 2.24. The summed E-state index contributed by atoms with van der Waals surface area (Å²) >= 11 is 5.93. The summed E-state index contributed by atoms with van der Waals surface area (Å²) in [6.07, 6.45) is 0.0572. The van der Waals surface area contributed by atoms with Crippen molar-refractivity contribution in [1.82, 2.24) is 5.32 Å². The topological polar surface area (TPSA) is 58.6 Å². The van der Waals surface area contributed by atoms with E-state index in [-0.39, 0.29) is 6.10 Å². The smallest absolute Gasteiger partial charge is 0.320 e. The Morgan fingerprint density at radius 3 is 2.67 bits per heavy atom. The van der Waals surface area contributed by atoms with Crippen LogP contribution < -0.4 is 10.1 Å². The molecule has 1 atom stereocenters. The van der Waals surface area contributed by atoms with E-state index in [1.807, 2.05) is 13.8 Å². The summed E-state index contributed by atoms with van der Waals surface area (Å²) in [5.41, 5.74) is 0.851. The average Bonchev–Trinajstić information content (AvgIpc) is 2.28. The number of carboxylic acid groups (broad SMARTS) is 1. The first-order valence-corrected chi connectivity index (χ1v) is 6.19. The van der Waals surface area contributed by atoms with Gasteiger partial charge in [-0.25, -0.2) is 0 Å². The molecule has 0 fully saturated rings. The number of carboxylic acids is 1. The Kier molecular flexibility index (Phi) is 5.44.